The van der Waals surface area contributed by atoms with Crippen molar-refractivity contribution in [2.75, 3.05) is 11.5 Å². The number of halogens is 2. The van der Waals surface area contributed by atoms with Gasteiger partial charge in [0.1, 0.15) is 44.0 Å². The second kappa shape index (κ2) is 14.7. The Morgan fingerprint density at radius 2 is 0.810 bits per heavy atom. The van der Waals surface area contributed by atoms with Crippen molar-refractivity contribution in [3.05, 3.63) is 82.8 Å². The first-order valence-electron chi connectivity index (χ1n) is 15.3. The van der Waals surface area contributed by atoms with Gasteiger partial charge >= 0.3 is 0 Å². The second-order valence-corrected chi connectivity index (χ2v) is 18.4. The molecule has 0 aliphatic carbocycles. The third-order valence-corrected chi connectivity index (χ3v) is 12.2. The van der Waals surface area contributed by atoms with E-state index in [1.54, 1.807) is 0 Å². The zero-order valence-corrected chi connectivity index (χ0v) is 33.0. The highest BCUT2D eigenvalue weighted by Crippen LogP contribution is 2.46. The van der Waals surface area contributed by atoms with Gasteiger partial charge in [-0.15, -0.1) is 20.5 Å². The summed E-state index contributed by atoms with van der Waals surface area (Å²) in [5, 5.41) is 35.0. The smallest absolute Gasteiger partial charge is 0.296 e. The summed E-state index contributed by atoms with van der Waals surface area (Å²) in [6.45, 7) is 0. The van der Waals surface area contributed by atoms with Crippen molar-refractivity contribution in [2.45, 2.75) is 19.6 Å². The Balaban J connectivity index is 1.39. The normalized spacial score (nSPS) is 13.0. The number of rotatable bonds is 9. The van der Waals surface area contributed by atoms with Gasteiger partial charge in [0, 0.05) is 45.1 Å². The number of phenols is 2. The molecule has 0 atom stereocenters. The van der Waals surface area contributed by atoms with Gasteiger partial charge in [-0.25, -0.2) is 0 Å². The lowest BCUT2D eigenvalue weighted by Gasteiger charge is -2.12. The molecule has 0 amide bonds. The lowest BCUT2D eigenvalue weighted by atomic mass is 10.0. The maximum atomic E-state index is 12.3. The number of fused-ring (bicyclic) bond motifs is 2. The monoisotopic (exact) mass is 912 g/mol. The first-order valence-corrected chi connectivity index (χ1v) is 21.8. The summed E-state index contributed by atoms with van der Waals surface area (Å²) in [6, 6.07) is 12.7. The molecule has 10 N–H and O–H groups in total. The van der Waals surface area contributed by atoms with E-state index in [2.05, 4.69) is 20.5 Å². The molecule has 0 aliphatic heterocycles. The molecular weight excluding hydrogens is 892 g/mol. The summed E-state index contributed by atoms with van der Waals surface area (Å²) in [6.07, 6.45) is 0. The van der Waals surface area contributed by atoms with Gasteiger partial charge in [-0.05, 0) is 59.7 Å². The zero-order chi connectivity index (χ0) is 42.9. The highest BCUT2D eigenvalue weighted by atomic mass is 35.5. The number of phenolic OH excluding ortho intramolecular Hbond substituents is 2. The van der Waals surface area contributed by atoms with Crippen LogP contribution in [0.25, 0.3) is 32.7 Å². The fourth-order valence-electron chi connectivity index (χ4n) is 5.65. The van der Waals surface area contributed by atoms with Crippen LogP contribution in [-0.4, -0.2) is 62.1 Å². The largest absolute Gasteiger partial charge is 0.507 e. The Morgan fingerprint density at radius 3 is 1.10 bits per heavy atom. The molecule has 0 saturated heterocycles. The molecule has 6 aromatic rings. The van der Waals surface area contributed by atoms with Gasteiger partial charge in [-0.2, -0.15) is 33.7 Å². The summed E-state index contributed by atoms with van der Waals surface area (Å²) in [4.78, 5) is -3.56. The van der Waals surface area contributed by atoms with Crippen molar-refractivity contribution in [3.8, 4) is 22.6 Å². The summed E-state index contributed by atoms with van der Waals surface area (Å²) < 4.78 is 135. The number of benzene rings is 6. The standard InChI is InChI=1S/C32H22Cl2N6O14S4/c33-19-5-13(1-3-23(19)37-39-31-17-7-15(55(43,44)45)9-21(35)29(17)25(41)11-27(31)57(49,50)51)14-2-4-24(20(34)6-14)38-40-32-18-8-16(56(46,47)48)10-22(36)30(18)26(42)12-28(32)58(52,53)54/h1-12,41-42H,35-36H2,(H,43,44,45)(H,46,47,48)(H,49,50,51)(H,52,53,54). The fourth-order valence-corrected chi connectivity index (χ4v) is 8.49. The first-order chi connectivity index (χ1) is 26.8. The van der Waals surface area contributed by atoms with E-state index in [1.807, 2.05) is 0 Å². The van der Waals surface area contributed by atoms with E-state index in [0.29, 0.717) is 23.3 Å². The van der Waals surface area contributed by atoms with Crippen LogP contribution >= 0.6 is 23.2 Å². The SMILES string of the molecule is Nc1cc(S(=O)(=O)O)cc2c(N=Nc3ccc(-c4ccc(N=Nc5c(S(=O)(=O)O)cc(O)c6c(N)cc(S(=O)(=O)O)cc56)c(Cl)c4)cc3Cl)c(S(=O)(=O)O)cc(O)c12. The Bertz CT molecular complexity index is 3070. The molecule has 0 bridgehead atoms. The van der Waals surface area contributed by atoms with Crippen LogP contribution in [0.3, 0.4) is 0 Å². The van der Waals surface area contributed by atoms with Gasteiger partial charge in [-0.3, -0.25) is 18.2 Å². The van der Waals surface area contributed by atoms with Crippen molar-refractivity contribution < 1.29 is 62.1 Å². The van der Waals surface area contributed by atoms with Crippen LogP contribution in [0.4, 0.5) is 34.1 Å². The van der Waals surface area contributed by atoms with Gasteiger partial charge in [0.2, 0.25) is 0 Å². The molecule has 0 spiro atoms. The maximum absolute atomic E-state index is 12.3. The predicted molar refractivity (Wildman–Crippen MR) is 210 cm³/mol. The lowest BCUT2D eigenvalue weighted by molar-refractivity contribution is 0.471. The number of nitrogens with zero attached hydrogens (tertiary/aromatic N) is 4. The summed E-state index contributed by atoms with van der Waals surface area (Å²) >= 11 is 12.9. The number of nitrogen functional groups attached to an aromatic ring is 2. The van der Waals surface area contributed by atoms with Gasteiger partial charge < -0.3 is 21.7 Å². The summed E-state index contributed by atoms with van der Waals surface area (Å²) in [5.41, 5.74) is 10.3. The van der Waals surface area contributed by atoms with Gasteiger partial charge in [0.05, 0.1) is 19.8 Å². The molecule has 0 heterocycles. The van der Waals surface area contributed by atoms with Crippen LogP contribution in [0.15, 0.2) is 113 Å². The highest BCUT2D eigenvalue weighted by molar-refractivity contribution is 7.86. The molecule has 0 saturated carbocycles. The molecule has 0 unspecified atom stereocenters. The molecule has 6 aromatic carbocycles. The maximum Gasteiger partial charge on any atom is 0.296 e. The summed E-state index contributed by atoms with van der Waals surface area (Å²) in [7, 11) is -20.1. The van der Waals surface area contributed by atoms with Crippen LogP contribution in [0.1, 0.15) is 0 Å². The Hall–Kier alpha value is -5.54. The van der Waals surface area contributed by atoms with Crippen molar-refractivity contribution >= 4 is 119 Å². The van der Waals surface area contributed by atoms with E-state index in [4.69, 9.17) is 34.7 Å². The minimum Gasteiger partial charge on any atom is -0.507 e. The average molecular weight is 914 g/mol. The second-order valence-electron chi connectivity index (χ2n) is 12.0. The highest BCUT2D eigenvalue weighted by Gasteiger charge is 2.26. The molecule has 6 rings (SSSR count). The number of aromatic hydroxyl groups is 2. The predicted octanol–water partition coefficient (Wildman–Crippen LogP) is 7.36. The molecule has 302 valence electrons. The number of nitrogens with two attached hydrogens (primary N) is 2. The minimum atomic E-state index is -5.13. The van der Waals surface area contributed by atoms with Crippen molar-refractivity contribution in [1.29, 1.82) is 0 Å². The Morgan fingerprint density at radius 1 is 0.466 bits per heavy atom. The number of azo groups is 2. The molecule has 58 heavy (non-hydrogen) atoms. The zero-order valence-electron chi connectivity index (χ0n) is 28.2. The van der Waals surface area contributed by atoms with Gasteiger partial charge in [-0.1, -0.05) is 35.3 Å². The molecule has 0 aliphatic rings. The number of hydrogen-bond acceptors (Lipinski definition) is 16. The molecular formula is C32H22Cl2N6O14S4. The van der Waals surface area contributed by atoms with Crippen LogP contribution in [0.5, 0.6) is 11.5 Å². The summed E-state index contributed by atoms with van der Waals surface area (Å²) in [5.74, 6) is -1.55. The topological polar surface area (TPSA) is 359 Å². The van der Waals surface area contributed by atoms with E-state index in [1.165, 1.54) is 36.4 Å². The van der Waals surface area contributed by atoms with E-state index in [9.17, 15) is 62.1 Å². The van der Waals surface area contributed by atoms with Crippen LogP contribution in [-0.2, 0) is 40.5 Å². The van der Waals surface area contributed by atoms with E-state index in [-0.39, 0.29) is 32.2 Å². The Kier molecular flexibility index (Phi) is 10.7. The molecule has 0 fully saturated rings. The molecule has 0 radical (unpaired) electrons. The van der Waals surface area contributed by atoms with Gasteiger partial charge in [0.25, 0.3) is 40.5 Å². The third kappa shape index (κ3) is 8.23. The molecule has 0 aromatic heterocycles. The van der Waals surface area contributed by atoms with Gasteiger partial charge in [0.15, 0.2) is 0 Å². The molecule has 20 nitrogen and oxygen atoms in total. The minimum absolute atomic E-state index is 0.0862. The quantitative estimate of drug-likeness (QED) is 0.0399. The molecule has 26 heteroatoms. The number of anilines is 2. The average Bonchev–Trinajstić information content (AvgIpc) is 3.09. The Labute approximate surface area is 336 Å². The van der Waals surface area contributed by atoms with E-state index in [0.717, 1.165) is 24.3 Å². The van der Waals surface area contributed by atoms with Crippen LogP contribution in [0, 0.1) is 0 Å². The lowest BCUT2D eigenvalue weighted by Crippen LogP contribution is -2.03. The third-order valence-electron chi connectivity index (χ3n) is 8.21. The first kappa shape index (κ1) is 42.1. The van der Waals surface area contributed by atoms with Crippen molar-refractivity contribution in [2.24, 2.45) is 20.5 Å². The fraction of sp³-hybridized carbons (Fsp3) is 0. The van der Waals surface area contributed by atoms with Crippen LogP contribution < -0.4 is 11.5 Å². The van der Waals surface area contributed by atoms with E-state index < -0.39 is 105 Å². The van der Waals surface area contributed by atoms with Crippen molar-refractivity contribution in [3.63, 3.8) is 0 Å². The number of hydrogen-bond donors (Lipinski definition) is 8. The van der Waals surface area contributed by atoms with E-state index >= 15 is 0 Å². The van der Waals surface area contributed by atoms with Crippen LogP contribution in [0.2, 0.25) is 10.0 Å². The van der Waals surface area contributed by atoms with Crippen molar-refractivity contribution in [1.82, 2.24) is 0 Å².